The van der Waals surface area contributed by atoms with Crippen molar-refractivity contribution in [3.8, 4) is 11.3 Å². The molecule has 0 amide bonds. The van der Waals surface area contributed by atoms with Gasteiger partial charge in [0.05, 0.1) is 5.69 Å². The number of hydrogen-bond acceptors (Lipinski definition) is 2. The van der Waals surface area contributed by atoms with E-state index in [-0.39, 0.29) is 5.69 Å². The van der Waals surface area contributed by atoms with Crippen molar-refractivity contribution in [3.05, 3.63) is 40.5 Å². The van der Waals surface area contributed by atoms with Crippen LogP contribution in [0.25, 0.3) is 11.3 Å². The van der Waals surface area contributed by atoms with Gasteiger partial charge in [-0.05, 0) is 19.1 Å². The maximum Gasteiger partial charge on any atom is 0.356 e. The number of carboxylic acids is 1. The highest BCUT2D eigenvalue weighted by atomic mass is 35.5. The van der Waals surface area contributed by atoms with Gasteiger partial charge in [0.1, 0.15) is 0 Å². The number of aromatic amines is 1. The maximum atomic E-state index is 10.8. The molecule has 82 valence electrons. The van der Waals surface area contributed by atoms with Crippen molar-refractivity contribution in [3.63, 3.8) is 0 Å². The fourth-order valence-electron chi connectivity index (χ4n) is 1.53. The minimum atomic E-state index is -1.04. The molecular weight excluding hydrogens is 228 g/mol. The molecule has 0 radical (unpaired) electrons. The molecule has 1 aromatic carbocycles. The molecule has 16 heavy (non-hydrogen) atoms. The van der Waals surface area contributed by atoms with E-state index in [9.17, 15) is 4.79 Å². The molecule has 0 unspecified atom stereocenters. The van der Waals surface area contributed by atoms with Crippen LogP contribution in [0.2, 0.25) is 5.02 Å². The normalized spacial score (nSPS) is 10.4. The Morgan fingerprint density at radius 1 is 1.50 bits per heavy atom. The van der Waals surface area contributed by atoms with Crippen LogP contribution >= 0.6 is 11.6 Å². The van der Waals surface area contributed by atoms with E-state index in [1.54, 1.807) is 25.1 Å². The van der Waals surface area contributed by atoms with Gasteiger partial charge in [-0.15, -0.1) is 0 Å². The number of hydrogen-bond donors (Lipinski definition) is 2. The third-order valence-electron chi connectivity index (χ3n) is 2.33. The van der Waals surface area contributed by atoms with E-state index < -0.39 is 5.97 Å². The zero-order chi connectivity index (χ0) is 11.7. The molecule has 5 heteroatoms. The summed E-state index contributed by atoms with van der Waals surface area (Å²) in [5.41, 5.74) is 2.15. The monoisotopic (exact) mass is 236 g/mol. The first kappa shape index (κ1) is 10.7. The molecule has 1 aromatic heterocycles. The summed E-state index contributed by atoms with van der Waals surface area (Å²) in [6.07, 6.45) is 0. The van der Waals surface area contributed by atoms with Crippen LogP contribution in [0.15, 0.2) is 24.3 Å². The Morgan fingerprint density at radius 2 is 2.25 bits per heavy atom. The minimum absolute atomic E-state index is 0.0370. The van der Waals surface area contributed by atoms with E-state index >= 15 is 0 Å². The predicted molar refractivity (Wildman–Crippen MR) is 60.7 cm³/mol. The van der Waals surface area contributed by atoms with Crippen LogP contribution in [-0.4, -0.2) is 21.3 Å². The van der Waals surface area contributed by atoms with Gasteiger partial charge in [0.2, 0.25) is 0 Å². The average molecular weight is 237 g/mol. The molecule has 0 saturated heterocycles. The molecule has 2 aromatic rings. The lowest BCUT2D eigenvalue weighted by Gasteiger charge is -1.99. The summed E-state index contributed by atoms with van der Waals surface area (Å²) in [7, 11) is 0. The van der Waals surface area contributed by atoms with Crippen LogP contribution in [0.5, 0.6) is 0 Å². The van der Waals surface area contributed by atoms with E-state index in [1.165, 1.54) is 0 Å². The number of aromatic nitrogens is 2. The molecule has 0 aliphatic carbocycles. The van der Waals surface area contributed by atoms with Crippen molar-refractivity contribution in [2.75, 3.05) is 0 Å². The molecule has 0 bridgehead atoms. The first-order chi connectivity index (χ1) is 7.59. The van der Waals surface area contributed by atoms with Crippen molar-refractivity contribution in [1.29, 1.82) is 0 Å². The highest BCUT2D eigenvalue weighted by molar-refractivity contribution is 6.30. The zero-order valence-electron chi connectivity index (χ0n) is 8.49. The van der Waals surface area contributed by atoms with Crippen LogP contribution in [0.3, 0.4) is 0 Å². The van der Waals surface area contributed by atoms with Gasteiger partial charge in [0, 0.05) is 16.1 Å². The van der Waals surface area contributed by atoms with E-state index in [2.05, 4.69) is 10.2 Å². The molecule has 2 N–H and O–H groups in total. The first-order valence-electron chi connectivity index (χ1n) is 4.64. The lowest BCUT2D eigenvalue weighted by atomic mass is 10.1. The summed E-state index contributed by atoms with van der Waals surface area (Å²) in [4.78, 5) is 10.8. The Bertz CT molecular complexity index is 549. The summed E-state index contributed by atoms with van der Waals surface area (Å²) in [6.45, 7) is 1.71. The van der Waals surface area contributed by atoms with Crippen molar-refractivity contribution in [2.24, 2.45) is 0 Å². The Kier molecular flexibility index (Phi) is 2.66. The quantitative estimate of drug-likeness (QED) is 0.843. The number of H-pyrrole nitrogens is 1. The third-order valence-corrected chi connectivity index (χ3v) is 2.56. The molecule has 0 saturated carbocycles. The fourth-order valence-corrected chi connectivity index (χ4v) is 1.72. The second-order valence-electron chi connectivity index (χ2n) is 3.39. The minimum Gasteiger partial charge on any atom is -0.476 e. The number of rotatable bonds is 2. The number of carboxylic acid groups (broad SMARTS) is 1. The number of benzene rings is 1. The van der Waals surface area contributed by atoms with E-state index in [0.29, 0.717) is 16.3 Å². The van der Waals surface area contributed by atoms with Gasteiger partial charge in [0.15, 0.2) is 5.69 Å². The Balaban J connectivity index is 2.53. The van der Waals surface area contributed by atoms with Crippen LogP contribution in [0.1, 0.15) is 16.1 Å². The van der Waals surface area contributed by atoms with Crippen LogP contribution in [0.4, 0.5) is 0 Å². The lowest BCUT2D eigenvalue weighted by Crippen LogP contribution is -1.98. The van der Waals surface area contributed by atoms with Gasteiger partial charge in [-0.2, -0.15) is 5.10 Å². The molecule has 0 aliphatic rings. The largest absolute Gasteiger partial charge is 0.476 e. The smallest absolute Gasteiger partial charge is 0.356 e. The van der Waals surface area contributed by atoms with Crippen molar-refractivity contribution < 1.29 is 9.90 Å². The van der Waals surface area contributed by atoms with Crippen molar-refractivity contribution >= 4 is 17.6 Å². The topological polar surface area (TPSA) is 66.0 Å². The number of aromatic carboxylic acids is 1. The number of halogens is 1. The average Bonchev–Trinajstić information content (AvgIpc) is 2.60. The van der Waals surface area contributed by atoms with Gasteiger partial charge in [-0.1, -0.05) is 23.7 Å². The van der Waals surface area contributed by atoms with Gasteiger partial charge in [0.25, 0.3) is 0 Å². The molecule has 2 rings (SSSR count). The van der Waals surface area contributed by atoms with E-state index in [1.807, 2.05) is 6.07 Å². The van der Waals surface area contributed by atoms with Crippen LogP contribution < -0.4 is 0 Å². The van der Waals surface area contributed by atoms with Crippen molar-refractivity contribution in [1.82, 2.24) is 10.2 Å². The van der Waals surface area contributed by atoms with E-state index in [4.69, 9.17) is 16.7 Å². The molecule has 0 aliphatic heterocycles. The fraction of sp³-hybridized carbons (Fsp3) is 0.0909. The highest BCUT2D eigenvalue weighted by Crippen LogP contribution is 2.25. The van der Waals surface area contributed by atoms with E-state index in [0.717, 1.165) is 5.56 Å². The standard InChI is InChI=1S/C11H9ClN2O2/c1-6-9(13-14-10(6)11(15)16)7-3-2-4-8(12)5-7/h2-5H,1H3,(H,13,14)(H,15,16). The number of nitrogens with zero attached hydrogens (tertiary/aromatic N) is 1. The van der Waals surface area contributed by atoms with Crippen LogP contribution in [-0.2, 0) is 0 Å². The summed E-state index contributed by atoms with van der Waals surface area (Å²) in [5.74, 6) is -1.04. The maximum absolute atomic E-state index is 10.8. The Labute approximate surface area is 96.9 Å². The summed E-state index contributed by atoms with van der Waals surface area (Å²) < 4.78 is 0. The number of nitrogens with one attached hydrogen (secondary N) is 1. The molecule has 1 heterocycles. The molecule has 0 atom stereocenters. The third kappa shape index (κ3) is 1.79. The van der Waals surface area contributed by atoms with Crippen molar-refractivity contribution in [2.45, 2.75) is 6.92 Å². The SMILES string of the molecule is Cc1c(C(=O)O)n[nH]c1-c1cccc(Cl)c1. The van der Waals surface area contributed by atoms with Gasteiger partial charge in [-0.3, -0.25) is 5.10 Å². The van der Waals surface area contributed by atoms with Gasteiger partial charge < -0.3 is 5.11 Å². The predicted octanol–water partition coefficient (Wildman–Crippen LogP) is 2.74. The Hall–Kier alpha value is -1.81. The molecule has 0 fully saturated rings. The summed E-state index contributed by atoms with van der Waals surface area (Å²) >= 11 is 5.87. The Morgan fingerprint density at radius 3 is 2.81 bits per heavy atom. The first-order valence-corrected chi connectivity index (χ1v) is 5.01. The van der Waals surface area contributed by atoms with Gasteiger partial charge in [-0.25, -0.2) is 4.79 Å². The van der Waals surface area contributed by atoms with Crippen LogP contribution in [0, 0.1) is 6.92 Å². The van der Waals surface area contributed by atoms with Gasteiger partial charge >= 0.3 is 5.97 Å². The summed E-state index contributed by atoms with van der Waals surface area (Å²) in [6, 6.07) is 7.17. The lowest BCUT2D eigenvalue weighted by molar-refractivity contribution is 0.0689. The molecule has 4 nitrogen and oxygen atoms in total. The summed E-state index contributed by atoms with van der Waals surface area (Å²) in [5, 5.41) is 15.9. The zero-order valence-corrected chi connectivity index (χ0v) is 9.25. The number of carbonyl (C=O) groups is 1. The molecular formula is C11H9ClN2O2. The highest BCUT2D eigenvalue weighted by Gasteiger charge is 2.15. The second-order valence-corrected chi connectivity index (χ2v) is 3.82. The second kappa shape index (κ2) is 3.98. The molecule has 0 spiro atoms.